The SMILES string of the molecule is [2H]c1c([2H])c([2H])c2c(oc3c4c([2H])c([2H])c(-c5nc(-c6ccccc6)nc(-c6ccccc6)n5)c([2H])c4c(-n4c5ccccc5c5cc6ccccc6cc54)c([2H])c32)c1[2H]. The Hall–Kier alpha value is -7.11. The van der Waals surface area contributed by atoms with E-state index in [1.807, 2.05) is 120 Å². The number of hydrogen-bond acceptors (Lipinski definition) is 4. The maximum atomic E-state index is 10.1. The fourth-order valence-electron chi connectivity index (χ4n) is 7.15. The van der Waals surface area contributed by atoms with Gasteiger partial charge in [-0.15, -0.1) is 0 Å². The molecule has 0 unspecified atom stereocenters. The zero-order chi connectivity index (χ0) is 41.1. The minimum absolute atomic E-state index is 0.00940. The molecule has 0 atom stereocenters. The van der Waals surface area contributed by atoms with Crippen molar-refractivity contribution in [1.82, 2.24) is 19.5 Å². The molecule has 5 nitrogen and oxygen atoms in total. The summed E-state index contributed by atoms with van der Waals surface area (Å²) in [7, 11) is 0. The van der Waals surface area contributed by atoms with Crippen LogP contribution in [0.15, 0.2) is 174 Å². The largest absolute Gasteiger partial charge is 0.455 e. The van der Waals surface area contributed by atoms with E-state index in [-0.39, 0.29) is 74.0 Å². The molecule has 0 saturated carbocycles. The minimum atomic E-state index is -0.508. The van der Waals surface area contributed by atoms with Crippen LogP contribution < -0.4 is 0 Å². The average molecular weight is 673 g/mol. The summed E-state index contributed by atoms with van der Waals surface area (Å²) in [5, 5.41) is 3.82. The van der Waals surface area contributed by atoms with Crippen molar-refractivity contribution >= 4 is 65.3 Å². The quantitative estimate of drug-likeness (QED) is 0.187. The molecule has 0 saturated heterocycles. The molecule has 0 spiro atoms. The Balaban J connectivity index is 1.36. The van der Waals surface area contributed by atoms with Gasteiger partial charge in [0, 0.05) is 49.0 Å². The van der Waals surface area contributed by atoms with Gasteiger partial charge in [0.15, 0.2) is 17.5 Å². The summed E-state index contributed by atoms with van der Waals surface area (Å²) in [5.74, 6) is 0.594. The summed E-state index contributed by atoms with van der Waals surface area (Å²) in [6.45, 7) is 0. The molecule has 8 aromatic carbocycles. The molecular formula is C47H28N4O. The van der Waals surface area contributed by atoms with Crippen LogP contribution in [0.2, 0.25) is 0 Å². The van der Waals surface area contributed by atoms with Crippen LogP contribution in [0.5, 0.6) is 0 Å². The van der Waals surface area contributed by atoms with Gasteiger partial charge in [-0.25, -0.2) is 15.0 Å². The molecule has 3 heterocycles. The van der Waals surface area contributed by atoms with Crippen LogP contribution in [-0.2, 0) is 0 Å². The second-order valence-electron chi connectivity index (χ2n) is 12.6. The highest BCUT2D eigenvalue weighted by molar-refractivity contribution is 6.20. The molecule has 0 radical (unpaired) electrons. The minimum Gasteiger partial charge on any atom is -0.455 e. The Morgan fingerprint density at radius 1 is 0.462 bits per heavy atom. The zero-order valence-electron chi connectivity index (χ0n) is 35.2. The smallest absolute Gasteiger partial charge is 0.164 e. The van der Waals surface area contributed by atoms with E-state index in [0.29, 0.717) is 33.8 Å². The van der Waals surface area contributed by atoms with Crippen LogP contribution in [0, 0.1) is 0 Å². The molecule has 0 amide bonds. The van der Waals surface area contributed by atoms with Gasteiger partial charge in [0.05, 0.1) is 27.7 Å². The van der Waals surface area contributed by atoms with Crippen molar-refractivity contribution in [2.24, 2.45) is 0 Å². The summed E-state index contributed by atoms with van der Waals surface area (Å²) >= 11 is 0. The summed E-state index contributed by atoms with van der Waals surface area (Å²) < 4.78 is 82.6. The lowest BCUT2D eigenvalue weighted by Crippen LogP contribution is -2.00. The Morgan fingerprint density at radius 2 is 1.10 bits per heavy atom. The zero-order valence-corrected chi connectivity index (χ0v) is 27.2. The van der Waals surface area contributed by atoms with Crippen molar-refractivity contribution in [2.45, 2.75) is 0 Å². The molecule has 242 valence electrons. The molecule has 0 aliphatic carbocycles. The van der Waals surface area contributed by atoms with E-state index < -0.39 is 24.2 Å². The first kappa shape index (κ1) is 21.9. The van der Waals surface area contributed by atoms with Crippen molar-refractivity contribution in [2.75, 3.05) is 0 Å². The molecule has 0 N–H and O–H groups in total. The fourth-order valence-corrected chi connectivity index (χ4v) is 7.15. The number of aromatic nitrogens is 4. The number of rotatable bonds is 4. The van der Waals surface area contributed by atoms with Crippen molar-refractivity contribution in [3.8, 4) is 39.9 Å². The molecule has 3 aromatic heterocycles. The van der Waals surface area contributed by atoms with Crippen LogP contribution in [-0.4, -0.2) is 19.5 Å². The Morgan fingerprint density at radius 3 is 1.85 bits per heavy atom. The number of benzene rings is 8. The van der Waals surface area contributed by atoms with Gasteiger partial charge in [-0.05, 0) is 53.1 Å². The van der Waals surface area contributed by atoms with Crippen molar-refractivity contribution in [1.29, 1.82) is 0 Å². The van der Waals surface area contributed by atoms with E-state index in [1.54, 1.807) is 0 Å². The maximum absolute atomic E-state index is 10.1. The molecule has 11 rings (SSSR count). The third kappa shape index (κ3) is 4.39. The van der Waals surface area contributed by atoms with Crippen molar-refractivity contribution < 1.29 is 15.4 Å². The predicted molar refractivity (Wildman–Crippen MR) is 213 cm³/mol. The molecule has 0 fully saturated rings. The molecule has 11 aromatic rings. The van der Waals surface area contributed by atoms with E-state index in [1.165, 1.54) is 0 Å². The summed E-state index contributed by atoms with van der Waals surface area (Å²) in [5.41, 5.74) is 2.61. The van der Waals surface area contributed by atoms with Gasteiger partial charge in [-0.2, -0.15) is 0 Å². The van der Waals surface area contributed by atoms with Crippen LogP contribution in [0.1, 0.15) is 11.0 Å². The van der Waals surface area contributed by atoms with Gasteiger partial charge in [0.1, 0.15) is 11.2 Å². The highest BCUT2D eigenvalue weighted by atomic mass is 16.3. The number of furan rings is 1. The van der Waals surface area contributed by atoms with Crippen LogP contribution in [0.4, 0.5) is 0 Å². The van der Waals surface area contributed by atoms with E-state index >= 15 is 0 Å². The average Bonchev–Trinajstić information content (AvgIpc) is 3.83. The lowest BCUT2D eigenvalue weighted by Gasteiger charge is -2.14. The van der Waals surface area contributed by atoms with Crippen molar-refractivity contribution in [3.63, 3.8) is 0 Å². The first-order chi connectivity index (χ1) is 29.1. The van der Waals surface area contributed by atoms with Gasteiger partial charge < -0.3 is 8.98 Å². The summed E-state index contributed by atoms with van der Waals surface area (Å²) in [4.78, 5) is 14.5. The van der Waals surface area contributed by atoms with E-state index in [0.717, 1.165) is 21.5 Å². The Bertz CT molecular complexity index is 3590. The molecule has 5 heteroatoms. The second-order valence-corrected chi connectivity index (χ2v) is 12.6. The number of fused-ring (bicyclic) bond motifs is 9. The second kappa shape index (κ2) is 11.2. The van der Waals surface area contributed by atoms with Crippen LogP contribution >= 0.6 is 0 Å². The molecule has 0 bridgehead atoms. The van der Waals surface area contributed by atoms with Gasteiger partial charge in [-0.3, -0.25) is 0 Å². The third-order valence-corrected chi connectivity index (χ3v) is 9.54. The molecule has 0 aliphatic rings. The first-order valence-corrected chi connectivity index (χ1v) is 16.8. The number of hydrogen-bond donors (Lipinski definition) is 0. The normalized spacial score (nSPS) is 14.0. The number of para-hydroxylation sites is 2. The Kier molecular flexibility index (Phi) is 4.71. The Labute approximate surface area is 309 Å². The number of nitrogens with zero attached hydrogens (tertiary/aromatic N) is 4. The topological polar surface area (TPSA) is 56.7 Å². The third-order valence-electron chi connectivity index (χ3n) is 9.54. The van der Waals surface area contributed by atoms with Gasteiger partial charge in [0.2, 0.25) is 0 Å². The predicted octanol–water partition coefficient (Wildman–Crippen LogP) is 12.2. The highest BCUT2D eigenvalue weighted by Gasteiger charge is 2.21. The standard InChI is InChI=1S/C47H28N4O/c1-3-13-29(14-4-1)45-48-46(30-15-5-2-6-16-30)50-47(49-45)33-23-24-36-38(26-33)42(28-39-35-20-10-12-22-43(35)52-44(36)39)51-40-21-11-9-19-34(40)37-25-31-17-7-8-18-32(31)27-41(37)51/h1-28H/i10D,12D,20D,22D,23D,24D,26D,28D. The summed E-state index contributed by atoms with van der Waals surface area (Å²) in [6, 6.07) is 35.4. The van der Waals surface area contributed by atoms with Crippen molar-refractivity contribution in [3.05, 3.63) is 170 Å². The van der Waals surface area contributed by atoms with E-state index in [4.69, 9.17) is 24.9 Å². The first-order valence-electron chi connectivity index (χ1n) is 20.8. The highest BCUT2D eigenvalue weighted by Crippen LogP contribution is 2.42. The monoisotopic (exact) mass is 672 g/mol. The molecule has 0 aliphatic heterocycles. The summed E-state index contributed by atoms with van der Waals surface area (Å²) in [6.07, 6.45) is 0. The fraction of sp³-hybridized carbons (Fsp3) is 0. The molecule has 52 heavy (non-hydrogen) atoms. The maximum Gasteiger partial charge on any atom is 0.164 e. The van der Waals surface area contributed by atoms with E-state index in [9.17, 15) is 5.48 Å². The molecular weight excluding hydrogens is 637 g/mol. The van der Waals surface area contributed by atoms with Gasteiger partial charge in [-0.1, -0.05) is 127 Å². The van der Waals surface area contributed by atoms with E-state index in [2.05, 4.69) is 6.07 Å². The lowest BCUT2D eigenvalue weighted by molar-refractivity contribution is 0.672. The van der Waals surface area contributed by atoms with Gasteiger partial charge >= 0.3 is 0 Å². The van der Waals surface area contributed by atoms with Crippen LogP contribution in [0.25, 0.3) is 105 Å². The lowest BCUT2D eigenvalue weighted by atomic mass is 10.0. The van der Waals surface area contributed by atoms with Crippen LogP contribution in [0.3, 0.4) is 0 Å². The van der Waals surface area contributed by atoms with Gasteiger partial charge in [0.25, 0.3) is 0 Å².